The largest absolute Gasteiger partial charge is 0.325 e. The van der Waals surface area contributed by atoms with Crippen molar-refractivity contribution >= 4 is 24.8 Å². The first kappa shape index (κ1) is 13.3. The lowest BCUT2D eigenvalue weighted by Gasteiger charge is -1.88. The number of rotatable bonds is 1. The van der Waals surface area contributed by atoms with Gasteiger partial charge in [-0.15, -0.1) is 24.8 Å². The highest BCUT2D eigenvalue weighted by atomic mass is 35.5. The van der Waals surface area contributed by atoms with E-state index in [1.165, 1.54) is 0 Å². The minimum absolute atomic E-state index is 0. The first-order chi connectivity index (χ1) is 4.24. The number of aromatic nitrogens is 2. The van der Waals surface area contributed by atoms with Crippen LogP contribution in [0.2, 0.25) is 0 Å². The molecule has 3 nitrogen and oxygen atoms in total. The van der Waals surface area contributed by atoms with Crippen LogP contribution >= 0.6 is 24.8 Å². The van der Waals surface area contributed by atoms with E-state index in [0.717, 1.165) is 11.4 Å². The summed E-state index contributed by atoms with van der Waals surface area (Å²) in [6, 6.07) is 1.99. The van der Waals surface area contributed by atoms with Crippen LogP contribution in [0.4, 0.5) is 0 Å². The molecule has 1 heterocycles. The van der Waals surface area contributed by atoms with E-state index >= 15 is 0 Å². The van der Waals surface area contributed by atoms with Crippen molar-refractivity contribution in [2.45, 2.75) is 13.5 Å². The van der Waals surface area contributed by atoms with Crippen molar-refractivity contribution in [3.63, 3.8) is 0 Å². The summed E-state index contributed by atoms with van der Waals surface area (Å²) in [5, 5.41) is 4.12. The molecular weight excluding hydrogens is 185 g/mol. The highest BCUT2D eigenvalue weighted by Gasteiger charge is 1.95. The molecule has 66 valence electrons. The predicted octanol–water partition coefficient (Wildman–Crippen LogP) is 1.03. The maximum absolute atomic E-state index is 5.36. The Morgan fingerprint density at radius 1 is 1.55 bits per heavy atom. The van der Waals surface area contributed by atoms with E-state index in [9.17, 15) is 0 Å². The number of halogens is 2. The molecule has 0 aromatic carbocycles. The summed E-state index contributed by atoms with van der Waals surface area (Å²) < 4.78 is 1.82. The van der Waals surface area contributed by atoms with E-state index in [1.54, 1.807) is 0 Å². The fraction of sp³-hybridized carbons (Fsp3) is 0.500. The fourth-order valence-electron chi connectivity index (χ4n) is 0.735. The van der Waals surface area contributed by atoms with Crippen LogP contribution in [0.3, 0.4) is 0 Å². The van der Waals surface area contributed by atoms with Crippen molar-refractivity contribution in [2.24, 2.45) is 12.8 Å². The van der Waals surface area contributed by atoms with Gasteiger partial charge in [0.2, 0.25) is 0 Å². The third kappa shape index (κ3) is 3.10. The third-order valence-corrected chi connectivity index (χ3v) is 1.37. The molecule has 0 fully saturated rings. The third-order valence-electron chi connectivity index (χ3n) is 1.37. The topological polar surface area (TPSA) is 43.8 Å². The van der Waals surface area contributed by atoms with Gasteiger partial charge >= 0.3 is 0 Å². The molecule has 0 amide bonds. The van der Waals surface area contributed by atoms with Crippen LogP contribution in [0.15, 0.2) is 6.07 Å². The first-order valence-corrected chi connectivity index (χ1v) is 2.93. The van der Waals surface area contributed by atoms with E-state index in [4.69, 9.17) is 5.73 Å². The van der Waals surface area contributed by atoms with Crippen LogP contribution in [0.5, 0.6) is 0 Å². The summed E-state index contributed by atoms with van der Waals surface area (Å²) in [6.45, 7) is 2.54. The van der Waals surface area contributed by atoms with Gasteiger partial charge in [-0.1, -0.05) is 0 Å². The molecule has 2 N–H and O–H groups in total. The fourth-order valence-corrected chi connectivity index (χ4v) is 0.735. The number of nitrogens with zero attached hydrogens (tertiary/aromatic N) is 2. The van der Waals surface area contributed by atoms with Crippen molar-refractivity contribution in [2.75, 3.05) is 0 Å². The molecule has 0 saturated heterocycles. The lowest BCUT2D eigenvalue weighted by Crippen LogP contribution is -1.98. The van der Waals surface area contributed by atoms with E-state index in [1.807, 2.05) is 24.7 Å². The second kappa shape index (κ2) is 5.41. The Morgan fingerprint density at radius 3 is 2.27 bits per heavy atom. The molecule has 0 aliphatic rings. The van der Waals surface area contributed by atoms with Crippen molar-refractivity contribution in [1.29, 1.82) is 0 Å². The van der Waals surface area contributed by atoms with Gasteiger partial charge in [0, 0.05) is 19.3 Å². The van der Waals surface area contributed by atoms with E-state index in [-0.39, 0.29) is 24.8 Å². The molecule has 5 heteroatoms. The SMILES string of the molecule is Cc1cc(CN)nn1C.Cl.Cl. The summed E-state index contributed by atoms with van der Waals surface area (Å²) in [7, 11) is 1.91. The second-order valence-corrected chi connectivity index (χ2v) is 2.10. The quantitative estimate of drug-likeness (QED) is 0.732. The van der Waals surface area contributed by atoms with Crippen LogP contribution in [0.1, 0.15) is 11.4 Å². The molecule has 0 aliphatic carbocycles. The van der Waals surface area contributed by atoms with Crippen LogP contribution in [-0.2, 0) is 13.6 Å². The van der Waals surface area contributed by atoms with Crippen LogP contribution in [0.25, 0.3) is 0 Å². The standard InChI is InChI=1S/C6H11N3.2ClH/c1-5-3-6(4-7)8-9(5)2;;/h3H,4,7H2,1-2H3;2*1H. The monoisotopic (exact) mass is 197 g/mol. The summed E-state index contributed by atoms with van der Waals surface area (Å²) in [4.78, 5) is 0. The normalized spacial score (nSPS) is 8.27. The Hall–Kier alpha value is -0.250. The minimum atomic E-state index is 0. The molecule has 1 aromatic rings. The molecule has 1 aromatic heterocycles. The van der Waals surface area contributed by atoms with Gasteiger partial charge in [-0.25, -0.2) is 0 Å². The molecule has 0 aliphatic heterocycles. The van der Waals surface area contributed by atoms with Crippen LogP contribution in [0, 0.1) is 6.92 Å². The second-order valence-electron chi connectivity index (χ2n) is 2.10. The van der Waals surface area contributed by atoms with Crippen LogP contribution in [-0.4, -0.2) is 9.78 Å². The van der Waals surface area contributed by atoms with Gasteiger partial charge in [-0.3, -0.25) is 4.68 Å². The number of aryl methyl sites for hydroxylation is 2. The number of hydrogen-bond donors (Lipinski definition) is 1. The minimum Gasteiger partial charge on any atom is -0.325 e. The summed E-state index contributed by atoms with van der Waals surface area (Å²) in [5.41, 5.74) is 7.46. The zero-order valence-electron chi connectivity index (χ0n) is 6.57. The van der Waals surface area contributed by atoms with Crippen molar-refractivity contribution < 1.29 is 0 Å². The molecule has 0 spiro atoms. The van der Waals surface area contributed by atoms with E-state index in [0.29, 0.717) is 6.54 Å². The maximum Gasteiger partial charge on any atom is 0.0762 e. The molecule has 11 heavy (non-hydrogen) atoms. The highest BCUT2D eigenvalue weighted by molar-refractivity contribution is 5.85. The van der Waals surface area contributed by atoms with Gasteiger partial charge in [0.25, 0.3) is 0 Å². The Balaban J connectivity index is 0. The summed E-state index contributed by atoms with van der Waals surface area (Å²) in [6.07, 6.45) is 0. The van der Waals surface area contributed by atoms with E-state index in [2.05, 4.69) is 5.10 Å². The maximum atomic E-state index is 5.36. The lowest BCUT2D eigenvalue weighted by molar-refractivity contribution is 0.721. The summed E-state index contributed by atoms with van der Waals surface area (Å²) in [5.74, 6) is 0. The smallest absolute Gasteiger partial charge is 0.0762 e. The lowest BCUT2D eigenvalue weighted by atomic mass is 10.4. The molecule has 0 bridgehead atoms. The Bertz CT molecular complexity index is 190. The zero-order valence-corrected chi connectivity index (χ0v) is 8.21. The molecule has 0 atom stereocenters. The van der Waals surface area contributed by atoms with Crippen molar-refractivity contribution in [3.8, 4) is 0 Å². The Morgan fingerprint density at radius 2 is 2.09 bits per heavy atom. The highest BCUT2D eigenvalue weighted by Crippen LogP contribution is 1.98. The number of hydrogen-bond acceptors (Lipinski definition) is 2. The number of nitrogens with two attached hydrogens (primary N) is 1. The van der Waals surface area contributed by atoms with Crippen molar-refractivity contribution in [1.82, 2.24) is 9.78 Å². The Kier molecular flexibility index (Phi) is 6.56. The van der Waals surface area contributed by atoms with Crippen molar-refractivity contribution in [3.05, 3.63) is 17.5 Å². The Labute approximate surface area is 78.8 Å². The predicted molar refractivity (Wildman–Crippen MR) is 50.3 cm³/mol. The molecule has 0 saturated carbocycles. The van der Waals surface area contributed by atoms with Crippen LogP contribution < -0.4 is 5.73 Å². The molecular formula is C6H13Cl2N3. The van der Waals surface area contributed by atoms with Gasteiger partial charge in [-0.2, -0.15) is 5.10 Å². The average molecular weight is 198 g/mol. The molecule has 0 radical (unpaired) electrons. The van der Waals surface area contributed by atoms with Gasteiger partial charge in [0.05, 0.1) is 5.69 Å². The van der Waals surface area contributed by atoms with Gasteiger partial charge < -0.3 is 5.73 Å². The van der Waals surface area contributed by atoms with Gasteiger partial charge in [-0.05, 0) is 13.0 Å². The molecule has 1 rings (SSSR count). The average Bonchev–Trinajstić information content (AvgIpc) is 2.13. The summed E-state index contributed by atoms with van der Waals surface area (Å²) >= 11 is 0. The zero-order chi connectivity index (χ0) is 6.85. The first-order valence-electron chi connectivity index (χ1n) is 2.93. The van der Waals surface area contributed by atoms with Gasteiger partial charge in [0.1, 0.15) is 0 Å². The van der Waals surface area contributed by atoms with Gasteiger partial charge in [0.15, 0.2) is 0 Å². The molecule has 0 unspecified atom stereocenters. The van der Waals surface area contributed by atoms with E-state index < -0.39 is 0 Å².